The third-order valence-electron chi connectivity index (χ3n) is 2.43. The Morgan fingerprint density at radius 2 is 2.06 bits per heavy atom. The summed E-state index contributed by atoms with van der Waals surface area (Å²) >= 11 is 13.6. The van der Waals surface area contributed by atoms with E-state index < -0.39 is 0 Å². The van der Waals surface area contributed by atoms with Crippen molar-refractivity contribution < 1.29 is 0 Å². The Morgan fingerprint density at radius 3 is 2.71 bits per heavy atom. The molecule has 0 saturated heterocycles. The van der Waals surface area contributed by atoms with Gasteiger partial charge in [-0.15, -0.1) is 22.0 Å². The Balaban J connectivity index is 2.12. The monoisotopic (exact) mass is 287 g/mol. The molecule has 0 saturated carbocycles. The molecule has 0 fully saturated rings. The molecule has 0 aliphatic rings. The van der Waals surface area contributed by atoms with Gasteiger partial charge in [0.05, 0.1) is 10.8 Å². The zero-order chi connectivity index (χ0) is 12.4. The number of benzene rings is 1. The lowest BCUT2D eigenvalue weighted by molar-refractivity contribution is 0.817. The third kappa shape index (κ3) is 2.94. The maximum atomic E-state index is 6.09. The Kier molecular flexibility index (Phi) is 3.97. The Hall–Kier alpha value is -0.710. The van der Waals surface area contributed by atoms with Crippen LogP contribution in [0.1, 0.15) is 11.6 Å². The van der Waals surface area contributed by atoms with Gasteiger partial charge in [-0.1, -0.05) is 23.2 Å². The molecule has 0 bridgehead atoms. The smallest absolute Gasteiger partial charge is 0.143 e. The van der Waals surface area contributed by atoms with Gasteiger partial charge in [0.1, 0.15) is 11.6 Å². The Morgan fingerprint density at radius 1 is 1.29 bits per heavy atom. The molecule has 0 atom stereocenters. The molecule has 2 rings (SSSR count). The maximum absolute atomic E-state index is 6.09. The summed E-state index contributed by atoms with van der Waals surface area (Å²) in [6.07, 6.45) is 0. The molecule has 2 aromatic rings. The molecule has 0 radical (unpaired) electrons. The molecule has 1 aromatic carbocycles. The second kappa shape index (κ2) is 5.29. The fourth-order valence-corrected chi connectivity index (χ4v) is 2.78. The lowest BCUT2D eigenvalue weighted by Crippen LogP contribution is -1.97. The highest BCUT2D eigenvalue weighted by molar-refractivity contribution is 7.98. The van der Waals surface area contributed by atoms with Gasteiger partial charge in [0.25, 0.3) is 0 Å². The number of halogens is 2. The number of aromatic nitrogens is 3. The second-order valence-electron chi connectivity index (χ2n) is 3.59. The van der Waals surface area contributed by atoms with Gasteiger partial charge in [-0.2, -0.15) is 0 Å². The van der Waals surface area contributed by atoms with Crippen molar-refractivity contribution in [3.8, 4) is 0 Å². The summed E-state index contributed by atoms with van der Waals surface area (Å²) in [7, 11) is 1.95. The quantitative estimate of drug-likeness (QED) is 0.806. The molecule has 6 heteroatoms. The fourth-order valence-electron chi connectivity index (χ4n) is 1.31. The van der Waals surface area contributed by atoms with Gasteiger partial charge in [-0.3, -0.25) is 0 Å². The highest BCUT2D eigenvalue weighted by atomic mass is 35.5. The first-order valence-electron chi connectivity index (χ1n) is 5.00. The van der Waals surface area contributed by atoms with E-state index in [0.29, 0.717) is 10.0 Å². The predicted molar refractivity (Wildman–Crippen MR) is 71.8 cm³/mol. The molecular weight excluding hydrogens is 277 g/mol. The molecule has 17 heavy (non-hydrogen) atoms. The van der Waals surface area contributed by atoms with E-state index in [1.165, 1.54) is 0 Å². The summed E-state index contributed by atoms with van der Waals surface area (Å²) in [5.41, 5.74) is 0. The lowest BCUT2D eigenvalue weighted by atomic mass is 10.4. The summed E-state index contributed by atoms with van der Waals surface area (Å²) in [4.78, 5) is 0.958. The summed E-state index contributed by atoms with van der Waals surface area (Å²) in [5.74, 6) is 2.54. The first-order valence-corrected chi connectivity index (χ1v) is 6.75. The van der Waals surface area contributed by atoms with E-state index in [4.69, 9.17) is 23.2 Å². The Bertz CT molecular complexity index is 540. The van der Waals surface area contributed by atoms with E-state index in [-0.39, 0.29) is 0 Å². The topological polar surface area (TPSA) is 30.7 Å². The third-order valence-corrected chi connectivity index (χ3v) is 4.16. The molecule has 0 spiro atoms. The Labute approximate surface area is 114 Å². The van der Waals surface area contributed by atoms with Crippen LogP contribution in [0, 0.1) is 6.92 Å². The van der Waals surface area contributed by atoms with Crippen molar-refractivity contribution in [1.29, 1.82) is 0 Å². The van der Waals surface area contributed by atoms with Crippen LogP contribution in [0.3, 0.4) is 0 Å². The number of aryl methyl sites for hydroxylation is 1. The number of rotatable bonds is 3. The summed E-state index contributed by atoms with van der Waals surface area (Å²) in [5, 5.41) is 9.50. The van der Waals surface area contributed by atoms with E-state index >= 15 is 0 Å². The largest absolute Gasteiger partial charge is 0.318 e. The van der Waals surface area contributed by atoms with E-state index in [1.54, 1.807) is 23.9 Å². The van der Waals surface area contributed by atoms with Crippen molar-refractivity contribution in [2.75, 3.05) is 0 Å². The molecule has 0 aliphatic carbocycles. The SMILES string of the molecule is Cc1nnc(CSc2cc(Cl)ccc2Cl)n1C. The standard InChI is InChI=1S/C11H11Cl2N3S/c1-7-14-15-11(16(7)2)6-17-10-5-8(12)3-4-9(10)13/h3-5H,6H2,1-2H3. The van der Waals surface area contributed by atoms with Gasteiger partial charge in [-0.25, -0.2) is 0 Å². The van der Waals surface area contributed by atoms with Crippen molar-refractivity contribution in [2.24, 2.45) is 7.05 Å². The number of nitrogens with zero attached hydrogens (tertiary/aromatic N) is 3. The molecule has 0 N–H and O–H groups in total. The van der Waals surface area contributed by atoms with Crippen LogP contribution >= 0.6 is 35.0 Å². The van der Waals surface area contributed by atoms with Gasteiger partial charge < -0.3 is 4.57 Å². The average Bonchev–Trinajstić information content (AvgIpc) is 2.62. The predicted octanol–water partition coefficient (Wildman–Crippen LogP) is 3.72. The molecule has 3 nitrogen and oxygen atoms in total. The zero-order valence-corrected chi connectivity index (χ0v) is 11.8. The summed E-state index contributed by atoms with van der Waals surface area (Å²) in [6, 6.07) is 5.44. The fraction of sp³-hybridized carbons (Fsp3) is 0.273. The van der Waals surface area contributed by atoms with Gasteiger partial charge in [0.15, 0.2) is 0 Å². The van der Waals surface area contributed by atoms with Crippen LogP contribution in [-0.2, 0) is 12.8 Å². The van der Waals surface area contributed by atoms with Gasteiger partial charge in [-0.05, 0) is 25.1 Å². The van der Waals surface area contributed by atoms with Crippen molar-refractivity contribution in [3.63, 3.8) is 0 Å². The van der Waals surface area contributed by atoms with Crippen LogP contribution in [0.25, 0.3) is 0 Å². The molecule has 0 unspecified atom stereocenters. The van der Waals surface area contributed by atoms with Gasteiger partial charge >= 0.3 is 0 Å². The van der Waals surface area contributed by atoms with Gasteiger partial charge in [0.2, 0.25) is 0 Å². The van der Waals surface area contributed by atoms with Crippen LogP contribution < -0.4 is 0 Å². The lowest BCUT2D eigenvalue weighted by Gasteiger charge is -2.04. The van der Waals surface area contributed by atoms with E-state index in [2.05, 4.69) is 10.2 Å². The summed E-state index contributed by atoms with van der Waals surface area (Å²) < 4.78 is 1.96. The normalized spacial score (nSPS) is 10.8. The van der Waals surface area contributed by atoms with Gasteiger partial charge in [0, 0.05) is 17.0 Å². The zero-order valence-electron chi connectivity index (χ0n) is 9.44. The van der Waals surface area contributed by atoms with Crippen molar-refractivity contribution in [3.05, 3.63) is 39.9 Å². The van der Waals surface area contributed by atoms with Crippen LogP contribution in [0.4, 0.5) is 0 Å². The molecule has 90 valence electrons. The van der Waals surface area contributed by atoms with E-state index in [9.17, 15) is 0 Å². The van der Waals surface area contributed by atoms with Crippen LogP contribution in [0.2, 0.25) is 10.0 Å². The first kappa shape index (κ1) is 12.7. The second-order valence-corrected chi connectivity index (χ2v) is 5.45. The average molecular weight is 288 g/mol. The highest BCUT2D eigenvalue weighted by Crippen LogP contribution is 2.31. The van der Waals surface area contributed by atoms with E-state index in [1.807, 2.05) is 24.6 Å². The highest BCUT2D eigenvalue weighted by Gasteiger charge is 2.07. The molecule has 1 heterocycles. The van der Waals surface area contributed by atoms with Crippen molar-refractivity contribution >= 4 is 35.0 Å². The van der Waals surface area contributed by atoms with Crippen LogP contribution in [-0.4, -0.2) is 14.8 Å². The number of hydrogen-bond acceptors (Lipinski definition) is 3. The molecular formula is C11H11Cl2N3S. The number of hydrogen-bond donors (Lipinski definition) is 0. The molecule has 0 amide bonds. The minimum Gasteiger partial charge on any atom is -0.318 e. The molecule has 1 aromatic heterocycles. The van der Waals surface area contributed by atoms with Crippen molar-refractivity contribution in [2.45, 2.75) is 17.6 Å². The maximum Gasteiger partial charge on any atom is 0.143 e. The molecule has 0 aliphatic heterocycles. The van der Waals surface area contributed by atoms with Crippen molar-refractivity contribution in [1.82, 2.24) is 14.8 Å². The van der Waals surface area contributed by atoms with Crippen LogP contribution in [0.5, 0.6) is 0 Å². The summed E-state index contributed by atoms with van der Waals surface area (Å²) in [6.45, 7) is 1.92. The minimum absolute atomic E-state index is 0.686. The van der Waals surface area contributed by atoms with E-state index in [0.717, 1.165) is 22.3 Å². The minimum atomic E-state index is 0.686. The first-order chi connectivity index (χ1) is 8.08. The van der Waals surface area contributed by atoms with Crippen LogP contribution in [0.15, 0.2) is 23.1 Å². The number of thioether (sulfide) groups is 1.